The Hall–Kier alpha value is -1.11. The predicted molar refractivity (Wildman–Crippen MR) is 68.8 cm³/mol. The van der Waals surface area contributed by atoms with Gasteiger partial charge in [-0.2, -0.15) is 5.10 Å². The summed E-state index contributed by atoms with van der Waals surface area (Å²) in [6.07, 6.45) is 0.907. The lowest BCUT2D eigenvalue weighted by Crippen LogP contribution is -2.22. The normalized spacial score (nSPS) is 13.0. The van der Waals surface area contributed by atoms with Gasteiger partial charge in [-0.05, 0) is 21.0 Å². The van der Waals surface area contributed by atoms with Crippen molar-refractivity contribution in [3.63, 3.8) is 0 Å². The third kappa shape index (κ3) is 3.97. The first-order valence-electron chi connectivity index (χ1n) is 6.10. The van der Waals surface area contributed by atoms with Gasteiger partial charge in [0, 0.05) is 13.2 Å². The van der Waals surface area contributed by atoms with Gasteiger partial charge >= 0.3 is 0 Å². The summed E-state index contributed by atoms with van der Waals surface area (Å²) in [4.78, 5) is 2.06. The van der Waals surface area contributed by atoms with Gasteiger partial charge in [0.2, 0.25) is 0 Å². The molecule has 0 amide bonds. The number of hydrogen-bond donors (Lipinski definition) is 1. The summed E-state index contributed by atoms with van der Waals surface area (Å²) < 4.78 is 12.2. The van der Waals surface area contributed by atoms with E-state index in [0.29, 0.717) is 24.6 Å². The van der Waals surface area contributed by atoms with Gasteiger partial charge in [0.15, 0.2) is 5.75 Å². The third-order valence-electron chi connectivity index (χ3n) is 2.62. The smallest absolute Gasteiger partial charge is 0.162 e. The van der Waals surface area contributed by atoms with Crippen molar-refractivity contribution in [2.75, 3.05) is 41.0 Å². The zero-order chi connectivity index (χ0) is 13.5. The Morgan fingerprint density at radius 1 is 1.50 bits per heavy atom. The van der Waals surface area contributed by atoms with Gasteiger partial charge < -0.3 is 19.5 Å². The standard InChI is InChI=1S/C12H23N3O3/c1-5-18-9-10(16)12-11(17-4)8-13-15(12)7-6-14(2)3/h8,10,16H,5-7,9H2,1-4H3. The van der Waals surface area contributed by atoms with Crippen LogP contribution >= 0.6 is 0 Å². The van der Waals surface area contributed by atoms with Crippen molar-refractivity contribution in [3.8, 4) is 5.75 Å². The molecule has 1 aromatic heterocycles. The monoisotopic (exact) mass is 257 g/mol. The molecule has 0 aliphatic carbocycles. The lowest BCUT2D eigenvalue weighted by molar-refractivity contribution is 0.0357. The number of aliphatic hydroxyl groups is 1. The van der Waals surface area contributed by atoms with E-state index in [2.05, 4.69) is 10.00 Å². The molecule has 0 bridgehead atoms. The Balaban J connectivity index is 2.80. The van der Waals surface area contributed by atoms with E-state index in [0.717, 1.165) is 6.54 Å². The first-order chi connectivity index (χ1) is 8.60. The molecule has 1 N–H and O–H groups in total. The molecular formula is C12H23N3O3. The molecule has 0 aliphatic rings. The number of ether oxygens (including phenoxy) is 2. The molecule has 104 valence electrons. The molecule has 6 nitrogen and oxygen atoms in total. The lowest BCUT2D eigenvalue weighted by Gasteiger charge is -2.16. The summed E-state index contributed by atoms with van der Waals surface area (Å²) >= 11 is 0. The fourth-order valence-corrected chi connectivity index (χ4v) is 1.65. The van der Waals surface area contributed by atoms with Crippen LogP contribution in [-0.4, -0.2) is 60.8 Å². The first-order valence-corrected chi connectivity index (χ1v) is 6.10. The van der Waals surface area contributed by atoms with Crippen LogP contribution in [0.3, 0.4) is 0 Å². The van der Waals surface area contributed by atoms with Gasteiger partial charge in [0.05, 0.1) is 26.5 Å². The molecule has 0 saturated heterocycles. The Kier molecular flexibility index (Phi) is 6.11. The Morgan fingerprint density at radius 2 is 2.22 bits per heavy atom. The van der Waals surface area contributed by atoms with Crippen LogP contribution < -0.4 is 4.74 Å². The maximum Gasteiger partial charge on any atom is 0.162 e. The molecule has 0 radical (unpaired) electrons. The number of aromatic nitrogens is 2. The SMILES string of the molecule is CCOCC(O)c1c(OC)cnn1CCN(C)C. The minimum absolute atomic E-state index is 0.251. The molecule has 0 saturated carbocycles. The fraction of sp³-hybridized carbons (Fsp3) is 0.750. The van der Waals surface area contributed by atoms with E-state index in [9.17, 15) is 5.11 Å². The van der Waals surface area contributed by atoms with Crippen LogP contribution in [0.4, 0.5) is 0 Å². The summed E-state index contributed by atoms with van der Waals surface area (Å²) in [5, 5.41) is 14.4. The van der Waals surface area contributed by atoms with Gasteiger partial charge in [0.25, 0.3) is 0 Å². The molecule has 0 aliphatic heterocycles. The molecule has 0 aromatic carbocycles. The molecule has 0 fully saturated rings. The van der Waals surface area contributed by atoms with E-state index in [-0.39, 0.29) is 6.61 Å². The van der Waals surface area contributed by atoms with Crippen molar-refractivity contribution in [3.05, 3.63) is 11.9 Å². The first kappa shape index (κ1) is 14.9. The van der Waals surface area contributed by atoms with E-state index in [4.69, 9.17) is 9.47 Å². The second kappa shape index (κ2) is 7.35. The third-order valence-corrected chi connectivity index (χ3v) is 2.62. The predicted octanol–water partition coefficient (Wildman–Crippen LogP) is 0.523. The van der Waals surface area contributed by atoms with Gasteiger partial charge in [-0.15, -0.1) is 0 Å². The number of nitrogens with zero attached hydrogens (tertiary/aromatic N) is 3. The van der Waals surface area contributed by atoms with E-state index >= 15 is 0 Å². The molecule has 1 unspecified atom stereocenters. The summed E-state index contributed by atoms with van der Waals surface area (Å²) in [6, 6.07) is 0. The van der Waals surface area contributed by atoms with Gasteiger partial charge in [0.1, 0.15) is 11.8 Å². The van der Waals surface area contributed by atoms with Crippen LogP contribution in [0.15, 0.2) is 6.20 Å². The second-order valence-corrected chi connectivity index (χ2v) is 4.30. The summed E-state index contributed by atoms with van der Waals surface area (Å²) in [5.41, 5.74) is 0.674. The highest BCUT2D eigenvalue weighted by atomic mass is 16.5. The lowest BCUT2D eigenvalue weighted by atomic mass is 10.2. The highest BCUT2D eigenvalue weighted by molar-refractivity contribution is 5.27. The Bertz CT molecular complexity index is 352. The average Bonchev–Trinajstić information content (AvgIpc) is 2.76. The summed E-state index contributed by atoms with van der Waals surface area (Å²) in [6.45, 7) is 4.27. The maximum atomic E-state index is 10.1. The van der Waals surface area contributed by atoms with Crippen LogP contribution in [-0.2, 0) is 11.3 Å². The van der Waals surface area contributed by atoms with Crippen molar-refractivity contribution < 1.29 is 14.6 Å². The van der Waals surface area contributed by atoms with E-state index in [1.165, 1.54) is 0 Å². The molecular weight excluding hydrogens is 234 g/mol. The summed E-state index contributed by atoms with van der Waals surface area (Å²) in [7, 11) is 5.57. The van der Waals surface area contributed by atoms with E-state index in [1.54, 1.807) is 18.0 Å². The van der Waals surface area contributed by atoms with Crippen molar-refractivity contribution in [1.29, 1.82) is 0 Å². The summed E-state index contributed by atoms with van der Waals surface area (Å²) in [5.74, 6) is 0.598. The average molecular weight is 257 g/mol. The van der Waals surface area contributed by atoms with Gasteiger partial charge in [-0.25, -0.2) is 0 Å². The van der Waals surface area contributed by atoms with E-state index < -0.39 is 6.10 Å². The fourth-order valence-electron chi connectivity index (χ4n) is 1.65. The topological polar surface area (TPSA) is 59.8 Å². The molecule has 1 aromatic rings. The van der Waals surface area contributed by atoms with Crippen LogP contribution in [0.25, 0.3) is 0 Å². The minimum Gasteiger partial charge on any atom is -0.493 e. The van der Waals surface area contributed by atoms with Crippen molar-refractivity contribution in [2.45, 2.75) is 19.6 Å². The zero-order valence-electron chi connectivity index (χ0n) is 11.6. The van der Waals surface area contributed by atoms with Crippen molar-refractivity contribution in [2.24, 2.45) is 0 Å². The van der Waals surface area contributed by atoms with E-state index in [1.807, 2.05) is 21.0 Å². The molecule has 18 heavy (non-hydrogen) atoms. The van der Waals surface area contributed by atoms with Gasteiger partial charge in [-0.3, -0.25) is 4.68 Å². The Labute approximate surface area is 108 Å². The molecule has 1 heterocycles. The quantitative estimate of drug-likeness (QED) is 0.736. The largest absolute Gasteiger partial charge is 0.493 e. The van der Waals surface area contributed by atoms with Crippen LogP contribution in [0.1, 0.15) is 18.7 Å². The number of likely N-dealkylation sites (N-methyl/N-ethyl adjacent to an activating group) is 1. The molecule has 6 heteroatoms. The highest BCUT2D eigenvalue weighted by Gasteiger charge is 2.20. The van der Waals surface area contributed by atoms with Crippen LogP contribution in [0.5, 0.6) is 5.75 Å². The second-order valence-electron chi connectivity index (χ2n) is 4.30. The number of methoxy groups -OCH3 is 1. The van der Waals surface area contributed by atoms with Crippen LogP contribution in [0, 0.1) is 0 Å². The molecule has 0 spiro atoms. The minimum atomic E-state index is -0.718. The zero-order valence-corrected chi connectivity index (χ0v) is 11.6. The van der Waals surface area contributed by atoms with Crippen molar-refractivity contribution in [1.82, 2.24) is 14.7 Å². The van der Waals surface area contributed by atoms with Crippen LogP contribution in [0.2, 0.25) is 0 Å². The molecule has 1 rings (SSSR count). The number of aliphatic hydroxyl groups excluding tert-OH is 1. The Morgan fingerprint density at radius 3 is 2.78 bits per heavy atom. The number of hydrogen-bond acceptors (Lipinski definition) is 5. The maximum absolute atomic E-state index is 10.1. The highest BCUT2D eigenvalue weighted by Crippen LogP contribution is 2.25. The van der Waals surface area contributed by atoms with Gasteiger partial charge in [-0.1, -0.05) is 0 Å². The number of rotatable bonds is 8. The molecule has 1 atom stereocenters. The van der Waals surface area contributed by atoms with Crippen molar-refractivity contribution >= 4 is 0 Å².